The molecule has 1 heterocycles. The van der Waals surface area contributed by atoms with Gasteiger partial charge in [-0.2, -0.15) is 0 Å². The maximum Gasteiger partial charge on any atom is 0.335 e. The van der Waals surface area contributed by atoms with Crippen LogP contribution in [-0.2, 0) is 24.6 Å². The molecule has 0 saturated heterocycles. The van der Waals surface area contributed by atoms with Crippen molar-refractivity contribution >= 4 is 36.7 Å². The summed E-state index contributed by atoms with van der Waals surface area (Å²) in [5.41, 5.74) is 4.19. The number of nitrogens with one attached hydrogen (secondary N) is 1. The summed E-state index contributed by atoms with van der Waals surface area (Å²) in [6.07, 6.45) is 6.30. The van der Waals surface area contributed by atoms with Crippen LogP contribution in [0.3, 0.4) is 0 Å². The van der Waals surface area contributed by atoms with Crippen LogP contribution >= 0.6 is 19.4 Å². The van der Waals surface area contributed by atoms with Crippen LogP contribution in [0.1, 0.15) is 84.2 Å². The largest absolute Gasteiger partial charge is 0.335 e. The molecule has 1 unspecified atom stereocenters. The molecule has 1 amide bonds. The number of hydrogen-bond donors (Lipinski definition) is 1. The average molecular weight is 516 g/mol. The smallest absolute Gasteiger partial charge is 0.325 e. The zero-order valence-corrected chi connectivity index (χ0v) is 22.2. The van der Waals surface area contributed by atoms with Crippen molar-refractivity contribution in [3.63, 3.8) is 0 Å². The van der Waals surface area contributed by atoms with Crippen molar-refractivity contribution in [2.45, 2.75) is 63.3 Å². The van der Waals surface area contributed by atoms with E-state index in [-0.39, 0.29) is 17.9 Å². The Hall–Kier alpha value is -1.92. The second-order valence-corrected chi connectivity index (χ2v) is 12.2. The van der Waals surface area contributed by atoms with E-state index in [2.05, 4.69) is 11.4 Å². The van der Waals surface area contributed by atoms with Crippen LogP contribution < -0.4 is 5.32 Å². The number of ketones is 1. The van der Waals surface area contributed by atoms with Crippen LogP contribution in [0.4, 0.5) is 5.69 Å². The fourth-order valence-corrected chi connectivity index (χ4v) is 7.70. The van der Waals surface area contributed by atoms with E-state index in [1.54, 1.807) is 26.0 Å². The third kappa shape index (κ3) is 6.45. The fraction of sp³-hybridized carbons (Fsp3) is 0.481. The number of benzene rings is 2. The summed E-state index contributed by atoms with van der Waals surface area (Å²) in [6.45, 7) is 4.21. The van der Waals surface area contributed by atoms with Crippen LogP contribution in [0.15, 0.2) is 42.5 Å². The Kier molecular flexibility index (Phi) is 8.87. The molecule has 1 atom stereocenters. The molecular weight excluding hydrogens is 481 g/mol. The van der Waals surface area contributed by atoms with Gasteiger partial charge in [-0.25, -0.2) is 0 Å². The molecule has 1 fully saturated rings. The van der Waals surface area contributed by atoms with E-state index >= 15 is 0 Å². The fourth-order valence-electron chi connectivity index (χ4n) is 4.92. The summed E-state index contributed by atoms with van der Waals surface area (Å²) in [7, 11) is -3.19. The highest BCUT2D eigenvalue weighted by atomic mass is 32.2. The van der Waals surface area contributed by atoms with E-state index in [9.17, 15) is 14.2 Å². The molecule has 0 bridgehead atoms. The summed E-state index contributed by atoms with van der Waals surface area (Å²) < 4.78 is 23.5. The Bertz CT molecular complexity index is 1090. The quantitative estimate of drug-likeness (QED) is 0.359. The lowest BCUT2D eigenvalue weighted by Crippen LogP contribution is -2.26. The molecule has 4 rings (SSSR count). The van der Waals surface area contributed by atoms with Gasteiger partial charge in [0, 0.05) is 11.3 Å². The Balaban J connectivity index is 1.45. The van der Waals surface area contributed by atoms with E-state index in [0.29, 0.717) is 36.1 Å². The molecule has 6 nitrogen and oxygen atoms in total. The molecule has 35 heavy (non-hydrogen) atoms. The zero-order valence-electron chi connectivity index (χ0n) is 20.5. The van der Waals surface area contributed by atoms with Gasteiger partial charge in [0.15, 0.2) is 5.78 Å². The van der Waals surface area contributed by atoms with E-state index in [0.717, 1.165) is 11.1 Å². The number of carbonyl (C=O) groups excluding carboxylic acids is 2. The van der Waals surface area contributed by atoms with E-state index in [4.69, 9.17) is 9.05 Å². The van der Waals surface area contributed by atoms with E-state index < -0.39 is 12.8 Å². The third-order valence-electron chi connectivity index (χ3n) is 6.61. The minimum Gasteiger partial charge on any atom is -0.325 e. The lowest BCUT2D eigenvalue weighted by atomic mass is 9.82. The Morgan fingerprint density at radius 2 is 1.71 bits per heavy atom. The van der Waals surface area contributed by atoms with E-state index in [1.807, 2.05) is 24.3 Å². The molecule has 0 aromatic heterocycles. The van der Waals surface area contributed by atoms with E-state index in [1.165, 1.54) is 49.4 Å². The minimum atomic E-state index is -3.19. The van der Waals surface area contributed by atoms with Gasteiger partial charge < -0.3 is 14.4 Å². The highest BCUT2D eigenvalue weighted by Gasteiger charge is 2.32. The first-order chi connectivity index (χ1) is 16.9. The molecule has 1 aliphatic heterocycles. The highest BCUT2D eigenvalue weighted by molar-refractivity contribution is 8.01. The van der Waals surface area contributed by atoms with Crippen molar-refractivity contribution in [2.24, 2.45) is 0 Å². The SMILES string of the molecule is CCOP(=O)(Cc1ccc(NC(=O)C2SCC(=O)c3cc(C4CCCCC4)ccc32)cc1)OCC. The maximum atomic E-state index is 13.2. The lowest BCUT2D eigenvalue weighted by molar-refractivity contribution is -0.115. The number of thioether (sulfide) groups is 1. The molecule has 8 heteroatoms. The first-order valence-electron chi connectivity index (χ1n) is 12.5. The summed E-state index contributed by atoms with van der Waals surface area (Å²) in [5.74, 6) is 0.783. The summed E-state index contributed by atoms with van der Waals surface area (Å²) in [6, 6.07) is 13.4. The molecule has 2 aromatic carbocycles. The van der Waals surface area contributed by atoms with Gasteiger partial charge in [-0.3, -0.25) is 14.2 Å². The van der Waals surface area contributed by atoms with Crippen molar-refractivity contribution < 1.29 is 23.2 Å². The van der Waals surface area contributed by atoms with Gasteiger partial charge >= 0.3 is 7.60 Å². The second-order valence-electron chi connectivity index (χ2n) is 9.09. The number of anilines is 1. The number of fused-ring (bicyclic) bond motifs is 1. The number of hydrogen-bond acceptors (Lipinski definition) is 6. The number of amides is 1. The molecule has 0 spiro atoms. The lowest BCUT2D eigenvalue weighted by Gasteiger charge is -2.27. The monoisotopic (exact) mass is 515 g/mol. The molecule has 1 N–H and O–H groups in total. The second kappa shape index (κ2) is 11.9. The third-order valence-corrected chi connectivity index (χ3v) is 9.89. The van der Waals surface area contributed by atoms with Crippen LogP contribution in [0, 0.1) is 0 Å². The predicted molar refractivity (Wildman–Crippen MR) is 141 cm³/mol. The maximum absolute atomic E-state index is 13.2. The molecule has 1 aliphatic carbocycles. The first kappa shape index (κ1) is 26.2. The van der Waals surface area contributed by atoms with Crippen LogP contribution in [-0.4, -0.2) is 30.7 Å². The zero-order chi connectivity index (χ0) is 24.8. The van der Waals surface area contributed by atoms with Crippen molar-refractivity contribution in [1.82, 2.24) is 0 Å². The molecular formula is C27H34NO5PS. The van der Waals surface area contributed by atoms with Gasteiger partial charge in [0.2, 0.25) is 5.91 Å². The standard InChI is InChI=1S/C27H34NO5PS/c1-3-32-34(31,33-4-2)17-19-10-13-22(14-11-19)28-27(30)26-23-15-12-21(20-8-6-5-7-9-20)16-24(23)25(29)18-35-26/h10-16,20,26H,3-9,17-18H2,1-2H3,(H,28,30). The molecule has 188 valence electrons. The van der Waals surface area contributed by atoms with Gasteiger partial charge in [-0.15, -0.1) is 11.8 Å². The molecule has 1 saturated carbocycles. The van der Waals surface area contributed by atoms with Crippen molar-refractivity contribution in [3.05, 3.63) is 64.7 Å². The Morgan fingerprint density at radius 3 is 2.37 bits per heavy atom. The van der Waals surface area contributed by atoms with Gasteiger partial charge in [0.1, 0.15) is 5.25 Å². The van der Waals surface area contributed by atoms with Crippen molar-refractivity contribution in [3.8, 4) is 0 Å². The normalized spacial score (nSPS) is 18.8. The number of carbonyl (C=O) groups is 2. The summed E-state index contributed by atoms with van der Waals surface area (Å²) in [5, 5.41) is 2.55. The molecule has 0 radical (unpaired) electrons. The summed E-state index contributed by atoms with van der Waals surface area (Å²) in [4.78, 5) is 25.9. The Labute approximate surface area is 212 Å². The van der Waals surface area contributed by atoms with Crippen LogP contribution in [0.5, 0.6) is 0 Å². The van der Waals surface area contributed by atoms with Crippen LogP contribution in [0.25, 0.3) is 0 Å². The number of rotatable bonds is 9. The molecule has 2 aliphatic rings. The topological polar surface area (TPSA) is 81.7 Å². The van der Waals surface area contributed by atoms with Crippen molar-refractivity contribution in [1.29, 1.82) is 0 Å². The first-order valence-corrected chi connectivity index (χ1v) is 15.3. The molecule has 2 aromatic rings. The van der Waals surface area contributed by atoms with Gasteiger partial charge in [-0.1, -0.05) is 43.5 Å². The highest BCUT2D eigenvalue weighted by Crippen LogP contribution is 2.51. The summed E-state index contributed by atoms with van der Waals surface area (Å²) >= 11 is 1.37. The van der Waals surface area contributed by atoms with Crippen molar-refractivity contribution in [2.75, 3.05) is 24.3 Å². The van der Waals surface area contributed by atoms with Gasteiger partial charge in [0.05, 0.1) is 25.1 Å². The number of Topliss-reactive ketones (excluding diaryl/α,β-unsaturated/α-hetero) is 1. The minimum absolute atomic E-state index is 0.101. The van der Waals surface area contributed by atoms with Gasteiger partial charge in [-0.05, 0) is 67.5 Å². The van der Waals surface area contributed by atoms with Crippen LogP contribution in [0.2, 0.25) is 0 Å². The Morgan fingerprint density at radius 1 is 1.03 bits per heavy atom. The van der Waals surface area contributed by atoms with Gasteiger partial charge in [0.25, 0.3) is 0 Å². The predicted octanol–water partition coefficient (Wildman–Crippen LogP) is 7.11. The average Bonchev–Trinajstić information content (AvgIpc) is 2.86.